The molecule has 1 fully saturated rings. The summed E-state index contributed by atoms with van der Waals surface area (Å²) in [5.41, 5.74) is 4.85. The summed E-state index contributed by atoms with van der Waals surface area (Å²) in [7, 11) is 0. The summed E-state index contributed by atoms with van der Waals surface area (Å²) >= 11 is 0. The molecule has 0 heterocycles. The minimum Gasteiger partial charge on any atom is -0.478 e. The van der Waals surface area contributed by atoms with Gasteiger partial charge in [0.25, 0.3) is 0 Å². The molecule has 1 aliphatic rings. The van der Waals surface area contributed by atoms with Crippen LogP contribution in [0.5, 0.6) is 0 Å². The van der Waals surface area contributed by atoms with E-state index in [0.717, 1.165) is 25.0 Å². The Hall–Kier alpha value is -1.95. The number of carbonyl (C=O) groups is 2. The molecule has 0 unspecified atom stereocenters. The number of hydrogen-bond acceptors (Lipinski definition) is 3. The van der Waals surface area contributed by atoms with E-state index in [1.807, 2.05) is 0 Å². The van der Waals surface area contributed by atoms with Gasteiger partial charge in [-0.3, -0.25) is 4.79 Å². The molecule has 0 saturated heterocycles. The van der Waals surface area contributed by atoms with Crippen molar-refractivity contribution in [2.45, 2.75) is 31.2 Å². The first kappa shape index (κ1) is 13.5. The van der Waals surface area contributed by atoms with Crippen LogP contribution < -0.4 is 11.1 Å². The molecule has 102 valence electrons. The Bertz CT molecular complexity index is 525. The van der Waals surface area contributed by atoms with Crippen LogP contribution in [0.1, 0.15) is 36.0 Å². The predicted molar refractivity (Wildman–Crippen MR) is 67.4 cm³/mol. The van der Waals surface area contributed by atoms with E-state index in [1.54, 1.807) is 0 Å². The van der Waals surface area contributed by atoms with Gasteiger partial charge in [0.15, 0.2) is 0 Å². The van der Waals surface area contributed by atoms with Crippen molar-refractivity contribution < 1.29 is 19.1 Å². The fourth-order valence-corrected chi connectivity index (χ4v) is 2.25. The first-order valence-corrected chi connectivity index (χ1v) is 6.05. The lowest BCUT2D eigenvalue weighted by Crippen LogP contribution is -2.48. The standard InChI is InChI=1S/C13H15FN2O3/c14-10-7-8(3-4-9(10)11(17)18)16-12(19)13(15)5-1-2-6-13/h3-4,7H,1-2,5-6,15H2,(H,16,19)(H,17,18). The highest BCUT2D eigenvalue weighted by molar-refractivity contribution is 5.98. The van der Waals surface area contributed by atoms with Crippen molar-refractivity contribution in [2.75, 3.05) is 5.32 Å². The number of amides is 1. The van der Waals surface area contributed by atoms with Crippen LogP contribution >= 0.6 is 0 Å². The fourth-order valence-electron chi connectivity index (χ4n) is 2.25. The summed E-state index contributed by atoms with van der Waals surface area (Å²) < 4.78 is 13.5. The second-order valence-corrected chi connectivity index (χ2v) is 4.82. The van der Waals surface area contributed by atoms with Gasteiger partial charge in [-0.2, -0.15) is 0 Å². The zero-order valence-electron chi connectivity index (χ0n) is 10.3. The number of carboxylic acid groups (broad SMARTS) is 1. The summed E-state index contributed by atoms with van der Waals surface area (Å²) in [6.07, 6.45) is 3.01. The maximum Gasteiger partial charge on any atom is 0.338 e. The number of halogens is 1. The lowest BCUT2D eigenvalue weighted by molar-refractivity contribution is -0.121. The Morgan fingerprint density at radius 3 is 2.47 bits per heavy atom. The van der Waals surface area contributed by atoms with Gasteiger partial charge in [-0.05, 0) is 31.0 Å². The Balaban J connectivity index is 2.13. The monoisotopic (exact) mass is 266 g/mol. The zero-order valence-corrected chi connectivity index (χ0v) is 10.3. The third kappa shape index (κ3) is 2.73. The molecule has 5 nitrogen and oxygen atoms in total. The first-order chi connectivity index (χ1) is 8.92. The van der Waals surface area contributed by atoms with Crippen LogP contribution in [0.3, 0.4) is 0 Å². The quantitative estimate of drug-likeness (QED) is 0.776. The molecule has 0 aromatic heterocycles. The molecule has 1 saturated carbocycles. The maximum absolute atomic E-state index is 13.5. The minimum absolute atomic E-state index is 0.212. The van der Waals surface area contributed by atoms with Crippen molar-refractivity contribution >= 4 is 17.6 Å². The number of aromatic carboxylic acids is 1. The molecule has 19 heavy (non-hydrogen) atoms. The third-order valence-corrected chi connectivity index (χ3v) is 3.41. The second kappa shape index (κ2) is 4.97. The number of carbonyl (C=O) groups excluding carboxylic acids is 1. The van der Waals surface area contributed by atoms with Crippen LogP contribution in [0, 0.1) is 5.82 Å². The van der Waals surface area contributed by atoms with Crippen LogP contribution in [0.2, 0.25) is 0 Å². The Morgan fingerprint density at radius 1 is 1.32 bits per heavy atom. The van der Waals surface area contributed by atoms with Gasteiger partial charge in [-0.15, -0.1) is 0 Å². The molecule has 1 amide bonds. The summed E-state index contributed by atoms with van der Waals surface area (Å²) in [5, 5.41) is 11.2. The van der Waals surface area contributed by atoms with Crippen LogP contribution in [-0.2, 0) is 4.79 Å². The van der Waals surface area contributed by atoms with Crippen molar-refractivity contribution in [1.82, 2.24) is 0 Å². The molecule has 0 atom stereocenters. The van der Waals surface area contributed by atoms with Crippen molar-refractivity contribution in [1.29, 1.82) is 0 Å². The molecular weight excluding hydrogens is 251 g/mol. The van der Waals surface area contributed by atoms with Gasteiger partial charge in [0.1, 0.15) is 5.82 Å². The summed E-state index contributed by atoms with van der Waals surface area (Å²) in [4.78, 5) is 22.7. The van der Waals surface area contributed by atoms with Gasteiger partial charge in [-0.25, -0.2) is 9.18 Å². The molecule has 1 aliphatic carbocycles. The number of hydrogen-bond donors (Lipinski definition) is 3. The molecule has 1 aromatic carbocycles. The molecule has 0 aliphatic heterocycles. The van der Waals surface area contributed by atoms with Gasteiger partial charge in [0, 0.05) is 5.69 Å². The van der Waals surface area contributed by atoms with E-state index in [-0.39, 0.29) is 11.6 Å². The summed E-state index contributed by atoms with van der Waals surface area (Å²) in [6, 6.07) is 3.45. The first-order valence-electron chi connectivity index (χ1n) is 6.05. The molecular formula is C13H15FN2O3. The number of nitrogens with one attached hydrogen (secondary N) is 1. The lowest BCUT2D eigenvalue weighted by Gasteiger charge is -2.22. The lowest BCUT2D eigenvalue weighted by atomic mass is 9.98. The van der Waals surface area contributed by atoms with E-state index in [1.165, 1.54) is 6.07 Å². The molecule has 6 heteroatoms. The average Bonchev–Trinajstić information content (AvgIpc) is 2.77. The average molecular weight is 266 g/mol. The highest BCUT2D eigenvalue weighted by Gasteiger charge is 2.37. The molecule has 4 N–H and O–H groups in total. The third-order valence-electron chi connectivity index (χ3n) is 3.41. The maximum atomic E-state index is 13.5. The van der Waals surface area contributed by atoms with E-state index in [0.29, 0.717) is 12.8 Å². The Kier molecular flexibility index (Phi) is 3.53. The second-order valence-electron chi connectivity index (χ2n) is 4.82. The predicted octanol–water partition coefficient (Wildman–Crippen LogP) is 1.73. The number of nitrogens with two attached hydrogens (primary N) is 1. The van der Waals surface area contributed by atoms with Crippen molar-refractivity contribution in [3.8, 4) is 0 Å². The number of anilines is 1. The van der Waals surface area contributed by atoms with Crippen LogP contribution in [0.25, 0.3) is 0 Å². The molecule has 1 aromatic rings. The van der Waals surface area contributed by atoms with Gasteiger partial charge in [0.2, 0.25) is 5.91 Å². The van der Waals surface area contributed by atoms with Gasteiger partial charge in [0.05, 0.1) is 11.1 Å². The number of carboxylic acids is 1. The molecule has 0 spiro atoms. The molecule has 2 rings (SSSR count). The Labute approximate surface area is 109 Å². The van der Waals surface area contributed by atoms with Crippen molar-refractivity contribution in [3.05, 3.63) is 29.6 Å². The Morgan fingerprint density at radius 2 is 1.95 bits per heavy atom. The van der Waals surface area contributed by atoms with E-state index in [4.69, 9.17) is 10.8 Å². The summed E-state index contributed by atoms with van der Waals surface area (Å²) in [5.74, 6) is -2.59. The van der Waals surface area contributed by atoms with E-state index in [2.05, 4.69) is 5.32 Å². The smallest absolute Gasteiger partial charge is 0.338 e. The topological polar surface area (TPSA) is 92.4 Å². The number of benzene rings is 1. The largest absolute Gasteiger partial charge is 0.478 e. The highest BCUT2D eigenvalue weighted by Crippen LogP contribution is 2.28. The van der Waals surface area contributed by atoms with E-state index in [9.17, 15) is 14.0 Å². The van der Waals surface area contributed by atoms with Crippen LogP contribution in [0.15, 0.2) is 18.2 Å². The normalized spacial score (nSPS) is 17.2. The minimum atomic E-state index is -1.35. The van der Waals surface area contributed by atoms with E-state index >= 15 is 0 Å². The molecule has 0 radical (unpaired) electrons. The fraction of sp³-hybridized carbons (Fsp3) is 0.385. The van der Waals surface area contributed by atoms with Crippen LogP contribution in [0.4, 0.5) is 10.1 Å². The SMILES string of the molecule is NC1(C(=O)Nc2ccc(C(=O)O)c(F)c2)CCCC1. The van der Waals surface area contributed by atoms with Crippen molar-refractivity contribution in [3.63, 3.8) is 0 Å². The van der Waals surface area contributed by atoms with E-state index < -0.39 is 22.9 Å². The van der Waals surface area contributed by atoms with Gasteiger partial charge in [-0.1, -0.05) is 12.8 Å². The van der Waals surface area contributed by atoms with Gasteiger partial charge >= 0.3 is 5.97 Å². The van der Waals surface area contributed by atoms with Crippen LogP contribution in [-0.4, -0.2) is 22.5 Å². The summed E-state index contributed by atoms with van der Waals surface area (Å²) in [6.45, 7) is 0. The zero-order chi connectivity index (χ0) is 14.0. The van der Waals surface area contributed by atoms with Gasteiger partial charge < -0.3 is 16.2 Å². The van der Waals surface area contributed by atoms with Crippen molar-refractivity contribution in [2.24, 2.45) is 5.73 Å². The number of rotatable bonds is 3. The highest BCUT2D eigenvalue weighted by atomic mass is 19.1. The molecule has 0 bridgehead atoms.